The first kappa shape index (κ1) is 16.1. The van der Waals surface area contributed by atoms with Crippen LogP contribution in [0, 0.1) is 17.8 Å². The quantitative estimate of drug-likeness (QED) is 0.858. The Bertz CT molecular complexity index is 448. The summed E-state index contributed by atoms with van der Waals surface area (Å²) < 4.78 is 0. The van der Waals surface area contributed by atoms with E-state index in [9.17, 15) is 0 Å². The number of nitrogens with zero attached hydrogens (tertiary/aromatic N) is 2. The molecule has 0 aromatic carbocycles. The normalized spacial score (nSPS) is 22.8. The first-order valence-electron chi connectivity index (χ1n) is 8.33. The monoisotopic (exact) mass is 290 g/mol. The van der Waals surface area contributed by atoms with Crippen molar-refractivity contribution in [3.8, 4) is 0 Å². The molecule has 1 saturated carbocycles. The van der Waals surface area contributed by atoms with Crippen molar-refractivity contribution in [2.45, 2.75) is 59.3 Å². The minimum absolute atomic E-state index is 0.338. The summed E-state index contributed by atoms with van der Waals surface area (Å²) in [5.41, 5.74) is 7.04. The maximum atomic E-state index is 5.99. The molecule has 1 heterocycles. The maximum absolute atomic E-state index is 5.99. The highest BCUT2D eigenvalue weighted by Gasteiger charge is 2.23. The molecule has 0 saturated heterocycles. The van der Waals surface area contributed by atoms with Crippen molar-refractivity contribution in [3.63, 3.8) is 0 Å². The Morgan fingerprint density at radius 1 is 1.14 bits per heavy atom. The van der Waals surface area contributed by atoms with Crippen LogP contribution in [0.1, 0.15) is 64.9 Å². The summed E-state index contributed by atoms with van der Waals surface area (Å²) in [7, 11) is 0. The lowest BCUT2D eigenvalue weighted by Crippen LogP contribution is -2.24. The fourth-order valence-electron chi connectivity index (χ4n) is 3.42. The molecule has 0 amide bonds. The minimum Gasteiger partial charge on any atom is -0.383 e. The van der Waals surface area contributed by atoms with Crippen LogP contribution in [-0.4, -0.2) is 16.5 Å². The van der Waals surface area contributed by atoms with Crippen molar-refractivity contribution in [2.24, 2.45) is 17.8 Å². The molecule has 1 aromatic rings. The van der Waals surface area contributed by atoms with Crippen molar-refractivity contribution in [2.75, 3.05) is 17.6 Å². The standard InChI is InChI=1S/C17H30N4/c1-11(2)14-7-5-13(6-8-14)9-19-17-15(12(3)4)16(18)20-10-21-17/h10-14H,5-9H2,1-4H3,(H3,18,19,20,21). The number of aromatic nitrogens is 2. The Balaban J connectivity index is 1.91. The fraction of sp³-hybridized carbons (Fsp3) is 0.765. The van der Waals surface area contributed by atoms with Gasteiger partial charge in [0.05, 0.1) is 0 Å². The molecule has 0 spiro atoms. The molecule has 118 valence electrons. The molecule has 0 bridgehead atoms. The van der Waals surface area contributed by atoms with Crippen LogP contribution in [0.15, 0.2) is 6.33 Å². The van der Waals surface area contributed by atoms with E-state index in [0.29, 0.717) is 11.7 Å². The zero-order valence-corrected chi connectivity index (χ0v) is 13.9. The lowest BCUT2D eigenvalue weighted by molar-refractivity contribution is 0.230. The predicted octanol–water partition coefficient (Wildman–Crippen LogP) is 4.06. The van der Waals surface area contributed by atoms with Gasteiger partial charge in [0.15, 0.2) is 0 Å². The fourth-order valence-corrected chi connectivity index (χ4v) is 3.42. The van der Waals surface area contributed by atoms with Gasteiger partial charge in [-0.05, 0) is 49.4 Å². The van der Waals surface area contributed by atoms with Gasteiger partial charge in [-0.25, -0.2) is 9.97 Å². The van der Waals surface area contributed by atoms with Crippen LogP contribution in [0.3, 0.4) is 0 Å². The van der Waals surface area contributed by atoms with E-state index >= 15 is 0 Å². The van der Waals surface area contributed by atoms with Crippen molar-refractivity contribution in [1.29, 1.82) is 0 Å². The third-order valence-electron chi connectivity index (χ3n) is 4.88. The van der Waals surface area contributed by atoms with Crippen LogP contribution in [0.4, 0.5) is 11.6 Å². The van der Waals surface area contributed by atoms with Crippen LogP contribution in [-0.2, 0) is 0 Å². The van der Waals surface area contributed by atoms with Gasteiger partial charge in [0.1, 0.15) is 18.0 Å². The first-order chi connectivity index (χ1) is 9.99. The smallest absolute Gasteiger partial charge is 0.134 e. The summed E-state index contributed by atoms with van der Waals surface area (Å²) in [6.07, 6.45) is 6.94. The van der Waals surface area contributed by atoms with Gasteiger partial charge >= 0.3 is 0 Å². The van der Waals surface area contributed by atoms with Crippen LogP contribution in [0.5, 0.6) is 0 Å². The summed E-state index contributed by atoms with van der Waals surface area (Å²) >= 11 is 0. The van der Waals surface area contributed by atoms with Gasteiger partial charge in [-0.3, -0.25) is 0 Å². The Labute approximate surface area is 128 Å². The van der Waals surface area contributed by atoms with Crippen molar-refractivity contribution in [3.05, 3.63) is 11.9 Å². The van der Waals surface area contributed by atoms with Crippen LogP contribution in [0.25, 0.3) is 0 Å². The predicted molar refractivity (Wildman–Crippen MR) is 89.3 cm³/mol. The number of nitrogens with one attached hydrogen (secondary N) is 1. The molecule has 0 radical (unpaired) electrons. The molecule has 4 nitrogen and oxygen atoms in total. The van der Waals surface area contributed by atoms with Crippen molar-refractivity contribution in [1.82, 2.24) is 9.97 Å². The molecule has 1 fully saturated rings. The summed E-state index contributed by atoms with van der Waals surface area (Å²) in [6, 6.07) is 0. The van der Waals surface area contributed by atoms with Gasteiger partial charge in [0.25, 0.3) is 0 Å². The number of rotatable bonds is 5. The van der Waals surface area contributed by atoms with Crippen molar-refractivity contribution < 1.29 is 0 Å². The minimum atomic E-state index is 0.338. The van der Waals surface area contributed by atoms with E-state index < -0.39 is 0 Å². The Morgan fingerprint density at radius 2 is 1.81 bits per heavy atom. The Kier molecular flexibility index (Phi) is 5.43. The van der Waals surface area contributed by atoms with Crippen molar-refractivity contribution >= 4 is 11.6 Å². The summed E-state index contributed by atoms with van der Waals surface area (Å²) in [6.45, 7) is 9.97. The topological polar surface area (TPSA) is 63.8 Å². The van der Waals surface area contributed by atoms with E-state index in [0.717, 1.165) is 35.7 Å². The molecule has 0 aliphatic heterocycles. The van der Waals surface area contributed by atoms with E-state index in [4.69, 9.17) is 5.73 Å². The highest BCUT2D eigenvalue weighted by molar-refractivity contribution is 5.56. The molecule has 1 aromatic heterocycles. The lowest BCUT2D eigenvalue weighted by atomic mass is 9.77. The molecular formula is C17H30N4. The molecule has 2 rings (SSSR count). The van der Waals surface area contributed by atoms with Gasteiger partial charge in [-0.1, -0.05) is 27.7 Å². The molecule has 0 unspecified atom stereocenters. The lowest BCUT2D eigenvalue weighted by Gasteiger charge is -2.31. The average Bonchev–Trinajstić information content (AvgIpc) is 2.45. The zero-order valence-electron chi connectivity index (χ0n) is 13.9. The summed E-state index contributed by atoms with van der Waals surface area (Å²) in [5.74, 6) is 4.37. The number of nitrogen functional groups attached to an aromatic ring is 1. The third kappa shape index (κ3) is 4.08. The number of hydrogen-bond acceptors (Lipinski definition) is 4. The SMILES string of the molecule is CC(C)c1c(N)ncnc1NCC1CCC(C(C)C)CC1. The number of hydrogen-bond donors (Lipinski definition) is 2. The van der Waals surface area contributed by atoms with E-state index in [1.807, 2.05) is 0 Å². The highest BCUT2D eigenvalue weighted by Crippen LogP contribution is 2.34. The summed E-state index contributed by atoms with van der Waals surface area (Å²) in [5, 5.41) is 3.52. The van der Waals surface area contributed by atoms with Crippen LogP contribution in [0.2, 0.25) is 0 Å². The second-order valence-corrected chi connectivity index (χ2v) is 7.08. The highest BCUT2D eigenvalue weighted by atomic mass is 15.0. The first-order valence-corrected chi connectivity index (χ1v) is 8.33. The Morgan fingerprint density at radius 3 is 2.38 bits per heavy atom. The second kappa shape index (κ2) is 7.10. The van der Waals surface area contributed by atoms with Gasteiger partial charge in [-0.2, -0.15) is 0 Å². The third-order valence-corrected chi connectivity index (χ3v) is 4.88. The number of nitrogens with two attached hydrogens (primary N) is 1. The van der Waals surface area contributed by atoms with E-state index in [2.05, 4.69) is 43.0 Å². The zero-order chi connectivity index (χ0) is 15.4. The van der Waals surface area contributed by atoms with E-state index in [1.54, 1.807) is 6.33 Å². The molecule has 3 N–H and O–H groups in total. The molecule has 0 atom stereocenters. The van der Waals surface area contributed by atoms with Crippen LogP contribution < -0.4 is 11.1 Å². The number of anilines is 2. The van der Waals surface area contributed by atoms with Gasteiger partial charge in [0, 0.05) is 12.1 Å². The van der Waals surface area contributed by atoms with Gasteiger partial charge < -0.3 is 11.1 Å². The average molecular weight is 290 g/mol. The van der Waals surface area contributed by atoms with Gasteiger partial charge in [-0.15, -0.1) is 0 Å². The van der Waals surface area contributed by atoms with E-state index in [1.165, 1.54) is 25.7 Å². The molecule has 1 aliphatic carbocycles. The summed E-state index contributed by atoms with van der Waals surface area (Å²) in [4.78, 5) is 8.50. The van der Waals surface area contributed by atoms with Gasteiger partial charge in [0.2, 0.25) is 0 Å². The molecule has 1 aliphatic rings. The molecular weight excluding hydrogens is 260 g/mol. The largest absolute Gasteiger partial charge is 0.383 e. The van der Waals surface area contributed by atoms with E-state index in [-0.39, 0.29) is 0 Å². The molecule has 4 heteroatoms. The Hall–Kier alpha value is -1.32. The maximum Gasteiger partial charge on any atom is 0.134 e. The second-order valence-electron chi connectivity index (χ2n) is 7.08. The van der Waals surface area contributed by atoms with Crippen LogP contribution >= 0.6 is 0 Å². The molecule has 21 heavy (non-hydrogen) atoms.